The second-order valence-electron chi connectivity index (χ2n) is 9.57. The Balaban J connectivity index is 1.32. The van der Waals surface area contributed by atoms with Crippen molar-refractivity contribution in [3.05, 3.63) is 0 Å². The molecular formula is C17H25N2O2. The zero-order chi connectivity index (χ0) is 14.9. The predicted molar refractivity (Wildman–Crippen MR) is 76.3 cm³/mol. The molecule has 1 N–H and O–H groups in total. The summed E-state index contributed by atoms with van der Waals surface area (Å²) in [5.74, 6) is 4.37. The van der Waals surface area contributed by atoms with Crippen LogP contribution < -0.4 is 5.32 Å². The summed E-state index contributed by atoms with van der Waals surface area (Å²) >= 11 is 0. The average molecular weight is 289 g/mol. The van der Waals surface area contributed by atoms with Gasteiger partial charge in [0.15, 0.2) is 0 Å². The first-order chi connectivity index (χ1) is 9.71. The van der Waals surface area contributed by atoms with E-state index in [4.69, 9.17) is 0 Å². The van der Waals surface area contributed by atoms with E-state index in [2.05, 4.69) is 5.32 Å². The highest BCUT2D eigenvalue weighted by molar-refractivity contribution is 5.92. The molecule has 1 aliphatic heterocycles. The molecule has 0 aromatic carbocycles. The van der Waals surface area contributed by atoms with Crippen molar-refractivity contribution in [1.82, 2.24) is 10.4 Å². The second kappa shape index (κ2) is 3.18. The summed E-state index contributed by atoms with van der Waals surface area (Å²) in [6, 6.07) is 0.151. The van der Waals surface area contributed by atoms with Gasteiger partial charge in [0, 0.05) is 17.1 Å². The SMILES string of the molecule is CC1(C)CC(NC(=O)[C@@]23[C@H]4[C@@H]5C[C@H]2[C@@H]3[C@@H]54)CC(C)(C)N1[O]. The summed E-state index contributed by atoms with van der Waals surface area (Å²) in [4.78, 5) is 12.8. The fourth-order valence-electron chi connectivity index (χ4n) is 7.10. The minimum Gasteiger partial charge on any atom is -0.353 e. The summed E-state index contributed by atoms with van der Waals surface area (Å²) in [5, 5.41) is 17.0. The van der Waals surface area contributed by atoms with E-state index in [-0.39, 0.29) is 11.5 Å². The molecule has 4 nitrogen and oxygen atoms in total. The number of piperidine rings is 1. The van der Waals surface area contributed by atoms with E-state index in [1.165, 1.54) is 11.5 Å². The van der Waals surface area contributed by atoms with Crippen molar-refractivity contribution in [1.29, 1.82) is 0 Å². The molecule has 2 bridgehead atoms. The van der Waals surface area contributed by atoms with Crippen LogP contribution in [-0.2, 0) is 10.0 Å². The molecule has 6 rings (SSSR count). The van der Waals surface area contributed by atoms with Crippen molar-refractivity contribution in [3.63, 3.8) is 0 Å². The van der Waals surface area contributed by atoms with Gasteiger partial charge in [-0.05, 0) is 76.5 Å². The van der Waals surface area contributed by atoms with Crippen LogP contribution in [0.4, 0.5) is 0 Å². The number of carbonyl (C=O) groups excluding carboxylic acids is 1. The number of carbonyl (C=O) groups is 1. The smallest absolute Gasteiger partial charge is 0.227 e. The first-order valence-electron chi connectivity index (χ1n) is 8.50. The van der Waals surface area contributed by atoms with Crippen LogP contribution in [0.25, 0.3) is 0 Å². The van der Waals surface area contributed by atoms with Gasteiger partial charge in [0.05, 0.1) is 5.41 Å². The van der Waals surface area contributed by atoms with Crippen molar-refractivity contribution in [2.75, 3.05) is 0 Å². The highest BCUT2D eigenvalue weighted by Crippen LogP contribution is 2.98. The minimum atomic E-state index is -0.399. The summed E-state index contributed by atoms with van der Waals surface area (Å²) < 4.78 is 0. The van der Waals surface area contributed by atoms with Gasteiger partial charge in [-0.1, -0.05) is 0 Å². The maximum Gasteiger partial charge on any atom is 0.227 e. The maximum atomic E-state index is 12.8. The fraction of sp³-hybridized carbons (Fsp3) is 0.941. The number of nitrogens with zero attached hydrogens (tertiary/aromatic N) is 1. The van der Waals surface area contributed by atoms with E-state index < -0.39 is 11.1 Å². The molecule has 6 atom stereocenters. The van der Waals surface area contributed by atoms with Gasteiger partial charge in [0.1, 0.15) is 0 Å². The third-order valence-electron chi connectivity index (χ3n) is 7.53. The Labute approximate surface area is 126 Å². The minimum absolute atomic E-state index is 0.0677. The number of rotatable bonds is 2. The number of hydrogen-bond acceptors (Lipinski definition) is 2. The Morgan fingerprint density at radius 2 is 1.71 bits per heavy atom. The second-order valence-corrected chi connectivity index (χ2v) is 9.57. The van der Waals surface area contributed by atoms with Gasteiger partial charge in [-0.2, -0.15) is 0 Å². The maximum absolute atomic E-state index is 12.8. The molecule has 1 saturated heterocycles. The molecule has 6 fully saturated rings. The van der Waals surface area contributed by atoms with Crippen LogP contribution >= 0.6 is 0 Å². The van der Waals surface area contributed by atoms with Gasteiger partial charge in [0.2, 0.25) is 5.91 Å². The van der Waals surface area contributed by atoms with Crippen LogP contribution in [0.2, 0.25) is 0 Å². The Morgan fingerprint density at radius 1 is 1.10 bits per heavy atom. The predicted octanol–water partition coefficient (Wildman–Crippen LogP) is 1.98. The quantitative estimate of drug-likeness (QED) is 0.845. The molecule has 1 amide bonds. The lowest BCUT2D eigenvalue weighted by Gasteiger charge is -2.50. The lowest BCUT2D eigenvalue weighted by Crippen LogP contribution is -2.63. The first-order valence-corrected chi connectivity index (χ1v) is 8.50. The Bertz CT molecular complexity index is 518. The number of hydrogen-bond donors (Lipinski definition) is 1. The fourth-order valence-corrected chi connectivity index (χ4v) is 7.10. The number of hydroxylamine groups is 2. The molecule has 5 saturated carbocycles. The van der Waals surface area contributed by atoms with E-state index in [0.717, 1.165) is 42.4 Å². The van der Waals surface area contributed by atoms with Crippen LogP contribution in [0.15, 0.2) is 0 Å². The van der Waals surface area contributed by atoms with Crippen molar-refractivity contribution in [2.24, 2.45) is 35.0 Å². The normalized spacial score (nSPS) is 54.6. The van der Waals surface area contributed by atoms with E-state index >= 15 is 0 Å². The van der Waals surface area contributed by atoms with Gasteiger partial charge in [-0.25, -0.2) is 0 Å². The highest BCUT2D eigenvalue weighted by Gasteiger charge is 2.99. The molecule has 0 spiro atoms. The van der Waals surface area contributed by atoms with Crippen LogP contribution in [0.5, 0.6) is 0 Å². The van der Waals surface area contributed by atoms with Crippen molar-refractivity contribution in [2.45, 2.75) is 64.1 Å². The molecule has 21 heavy (non-hydrogen) atoms. The molecule has 0 aromatic rings. The molecule has 1 radical (unpaired) electrons. The molecule has 4 heteroatoms. The van der Waals surface area contributed by atoms with Gasteiger partial charge < -0.3 is 5.32 Å². The van der Waals surface area contributed by atoms with Gasteiger partial charge in [-0.3, -0.25) is 4.79 Å². The van der Waals surface area contributed by atoms with E-state index in [1.807, 2.05) is 27.7 Å². The Morgan fingerprint density at radius 3 is 2.14 bits per heavy atom. The van der Waals surface area contributed by atoms with Crippen molar-refractivity contribution in [3.8, 4) is 0 Å². The Kier molecular flexibility index (Phi) is 1.95. The number of nitrogens with one attached hydrogen (secondary N) is 1. The van der Waals surface area contributed by atoms with E-state index in [9.17, 15) is 10.0 Å². The third-order valence-corrected chi connectivity index (χ3v) is 7.53. The molecular weight excluding hydrogens is 264 g/mol. The molecule has 0 aromatic heterocycles. The monoisotopic (exact) mass is 289 g/mol. The lowest BCUT2D eigenvalue weighted by atomic mass is 9.78. The largest absolute Gasteiger partial charge is 0.353 e. The summed E-state index contributed by atoms with van der Waals surface area (Å²) in [6.45, 7) is 7.98. The summed E-state index contributed by atoms with van der Waals surface area (Å²) in [5.41, 5.74) is -0.730. The topological polar surface area (TPSA) is 52.2 Å². The average Bonchev–Trinajstić information content (AvgIpc) is 2.99. The zero-order valence-corrected chi connectivity index (χ0v) is 13.3. The van der Waals surface area contributed by atoms with Crippen LogP contribution in [-0.4, -0.2) is 28.1 Å². The summed E-state index contributed by atoms with van der Waals surface area (Å²) in [7, 11) is 0. The van der Waals surface area contributed by atoms with Crippen LogP contribution in [0, 0.1) is 35.0 Å². The first kappa shape index (κ1) is 12.9. The Hall–Kier alpha value is -0.610. The molecule has 5 aliphatic carbocycles. The zero-order valence-electron chi connectivity index (χ0n) is 13.3. The van der Waals surface area contributed by atoms with E-state index in [1.54, 1.807) is 0 Å². The molecule has 0 unspecified atom stereocenters. The van der Waals surface area contributed by atoms with Crippen LogP contribution in [0.1, 0.15) is 47.0 Å². The van der Waals surface area contributed by atoms with Crippen molar-refractivity contribution >= 4 is 5.91 Å². The standard InChI is InChI=1S/C17H25N2O2/c1-15(2)6-8(7-16(3,4)19(15)21)18-14(20)17-10-5-9-11(12(9)17)13(10)17/h8-13H,5-7H2,1-4H3,(H,18,20)/t9-,10+,11+,12+,13-,17-/m1/s1. The molecule has 1 heterocycles. The van der Waals surface area contributed by atoms with E-state index in [0.29, 0.717) is 5.91 Å². The molecule has 6 aliphatic rings. The number of amides is 1. The van der Waals surface area contributed by atoms with Gasteiger partial charge in [-0.15, -0.1) is 10.3 Å². The van der Waals surface area contributed by atoms with Crippen LogP contribution in [0.3, 0.4) is 0 Å². The third kappa shape index (κ3) is 1.22. The van der Waals surface area contributed by atoms with Crippen molar-refractivity contribution < 1.29 is 10.0 Å². The van der Waals surface area contributed by atoms with Gasteiger partial charge in [0.25, 0.3) is 0 Å². The lowest BCUT2D eigenvalue weighted by molar-refractivity contribution is -0.290. The molecule has 115 valence electrons. The van der Waals surface area contributed by atoms with Gasteiger partial charge >= 0.3 is 0 Å². The highest BCUT2D eigenvalue weighted by atomic mass is 16.5. The summed E-state index contributed by atoms with van der Waals surface area (Å²) in [6.07, 6.45) is 2.84.